The Labute approximate surface area is 121 Å². The van der Waals surface area contributed by atoms with E-state index in [4.69, 9.17) is 10.5 Å². The summed E-state index contributed by atoms with van der Waals surface area (Å²) in [5.74, 6) is -0.0792. The number of carbonyl (C=O) groups excluding carboxylic acids is 1. The van der Waals surface area contributed by atoms with Crippen molar-refractivity contribution in [2.24, 2.45) is 5.73 Å². The van der Waals surface area contributed by atoms with E-state index < -0.39 is 0 Å². The summed E-state index contributed by atoms with van der Waals surface area (Å²) in [7, 11) is 0. The Morgan fingerprint density at radius 1 is 1.42 bits per heavy atom. The van der Waals surface area contributed by atoms with E-state index in [-0.39, 0.29) is 18.1 Å². The SMILES string of the molecule is Cc1cc(Br)cc(C)c1NC(=O)C1CCC(CN)O1. The summed E-state index contributed by atoms with van der Waals surface area (Å²) in [4.78, 5) is 12.2. The fourth-order valence-electron chi connectivity index (χ4n) is 2.38. The van der Waals surface area contributed by atoms with Crippen LogP contribution in [0.2, 0.25) is 0 Å². The number of carbonyl (C=O) groups is 1. The molecule has 0 radical (unpaired) electrons. The Balaban J connectivity index is 2.08. The van der Waals surface area contributed by atoms with Crippen LogP contribution in [0, 0.1) is 13.8 Å². The zero-order chi connectivity index (χ0) is 14.0. The minimum Gasteiger partial charge on any atom is -0.364 e. The summed E-state index contributed by atoms with van der Waals surface area (Å²) in [6.07, 6.45) is 1.23. The highest BCUT2D eigenvalue weighted by Gasteiger charge is 2.30. The molecule has 0 saturated carbocycles. The Bertz CT molecular complexity index is 467. The molecule has 4 nitrogen and oxygen atoms in total. The maximum Gasteiger partial charge on any atom is 0.253 e. The monoisotopic (exact) mass is 326 g/mol. The van der Waals surface area contributed by atoms with Crippen LogP contribution in [0.15, 0.2) is 16.6 Å². The largest absolute Gasteiger partial charge is 0.364 e. The van der Waals surface area contributed by atoms with E-state index in [1.165, 1.54) is 0 Å². The van der Waals surface area contributed by atoms with Crippen molar-refractivity contribution in [3.63, 3.8) is 0 Å². The smallest absolute Gasteiger partial charge is 0.253 e. The lowest BCUT2D eigenvalue weighted by atomic mass is 10.1. The highest BCUT2D eigenvalue weighted by Crippen LogP contribution is 2.26. The molecule has 19 heavy (non-hydrogen) atoms. The van der Waals surface area contributed by atoms with Gasteiger partial charge in [0.2, 0.25) is 0 Å². The number of ether oxygens (including phenoxy) is 1. The van der Waals surface area contributed by atoms with Crippen molar-refractivity contribution in [3.05, 3.63) is 27.7 Å². The van der Waals surface area contributed by atoms with Crippen molar-refractivity contribution in [1.82, 2.24) is 0 Å². The number of rotatable bonds is 3. The van der Waals surface area contributed by atoms with Gasteiger partial charge in [-0.2, -0.15) is 0 Å². The van der Waals surface area contributed by atoms with Crippen LogP contribution in [-0.2, 0) is 9.53 Å². The van der Waals surface area contributed by atoms with Crippen molar-refractivity contribution in [3.8, 4) is 0 Å². The second kappa shape index (κ2) is 6.03. The van der Waals surface area contributed by atoms with Gasteiger partial charge < -0.3 is 15.8 Å². The number of anilines is 1. The average Bonchev–Trinajstić information content (AvgIpc) is 2.82. The Kier molecular flexibility index (Phi) is 4.60. The van der Waals surface area contributed by atoms with Crippen LogP contribution in [-0.4, -0.2) is 24.7 Å². The van der Waals surface area contributed by atoms with Crippen LogP contribution in [0.5, 0.6) is 0 Å². The van der Waals surface area contributed by atoms with E-state index >= 15 is 0 Å². The summed E-state index contributed by atoms with van der Waals surface area (Å²) >= 11 is 3.45. The number of nitrogens with two attached hydrogens (primary N) is 1. The first-order valence-corrected chi connectivity index (χ1v) is 7.23. The molecule has 0 spiro atoms. The quantitative estimate of drug-likeness (QED) is 0.897. The average molecular weight is 327 g/mol. The molecule has 0 bridgehead atoms. The van der Waals surface area contributed by atoms with E-state index in [9.17, 15) is 4.79 Å². The number of amides is 1. The summed E-state index contributed by atoms with van der Waals surface area (Å²) < 4.78 is 6.62. The number of hydrogen-bond donors (Lipinski definition) is 2. The number of aryl methyl sites for hydroxylation is 2. The summed E-state index contributed by atoms with van der Waals surface area (Å²) in [5.41, 5.74) is 8.49. The van der Waals surface area contributed by atoms with Crippen molar-refractivity contribution < 1.29 is 9.53 Å². The number of benzene rings is 1. The van der Waals surface area contributed by atoms with Crippen LogP contribution >= 0.6 is 15.9 Å². The first-order chi connectivity index (χ1) is 9.01. The highest BCUT2D eigenvalue weighted by molar-refractivity contribution is 9.10. The molecule has 1 aromatic carbocycles. The van der Waals surface area contributed by atoms with Gasteiger partial charge >= 0.3 is 0 Å². The van der Waals surface area contributed by atoms with E-state index in [2.05, 4.69) is 21.2 Å². The molecular formula is C14H19BrN2O2. The Morgan fingerprint density at radius 3 is 2.58 bits per heavy atom. The van der Waals surface area contributed by atoms with Gasteiger partial charge in [0, 0.05) is 16.7 Å². The van der Waals surface area contributed by atoms with E-state index in [1.54, 1.807) is 0 Å². The standard InChI is InChI=1S/C14H19BrN2O2/c1-8-5-10(15)6-9(2)13(8)17-14(18)12-4-3-11(7-16)19-12/h5-6,11-12H,3-4,7,16H2,1-2H3,(H,17,18). The van der Waals surface area contributed by atoms with Gasteiger partial charge in [-0.3, -0.25) is 4.79 Å². The highest BCUT2D eigenvalue weighted by atomic mass is 79.9. The first-order valence-electron chi connectivity index (χ1n) is 6.44. The molecule has 5 heteroatoms. The molecule has 2 unspecified atom stereocenters. The number of hydrogen-bond acceptors (Lipinski definition) is 3. The fraction of sp³-hybridized carbons (Fsp3) is 0.500. The zero-order valence-corrected chi connectivity index (χ0v) is 12.8. The Hall–Kier alpha value is -0.910. The normalized spacial score (nSPS) is 22.5. The maximum atomic E-state index is 12.2. The number of nitrogens with one attached hydrogen (secondary N) is 1. The molecule has 1 heterocycles. The van der Waals surface area contributed by atoms with Crippen molar-refractivity contribution >= 4 is 27.5 Å². The van der Waals surface area contributed by atoms with Gasteiger partial charge in [-0.05, 0) is 49.9 Å². The van der Waals surface area contributed by atoms with Gasteiger partial charge in [-0.25, -0.2) is 0 Å². The maximum absolute atomic E-state index is 12.2. The van der Waals surface area contributed by atoms with Crippen LogP contribution < -0.4 is 11.1 Å². The third kappa shape index (κ3) is 3.35. The van der Waals surface area contributed by atoms with E-state index in [1.807, 2.05) is 26.0 Å². The summed E-state index contributed by atoms with van der Waals surface area (Å²) in [5, 5.41) is 2.97. The topological polar surface area (TPSA) is 64.4 Å². The molecule has 1 saturated heterocycles. The second-order valence-corrected chi connectivity index (χ2v) is 5.88. The molecule has 104 valence electrons. The van der Waals surface area contributed by atoms with Gasteiger partial charge in [0.1, 0.15) is 6.10 Å². The lowest BCUT2D eigenvalue weighted by Crippen LogP contribution is -2.30. The molecule has 3 N–H and O–H groups in total. The van der Waals surface area contributed by atoms with Gasteiger partial charge in [0.05, 0.1) is 6.10 Å². The van der Waals surface area contributed by atoms with Crippen LogP contribution in [0.1, 0.15) is 24.0 Å². The molecule has 1 aromatic rings. The molecule has 2 atom stereocenters. The van der Waals surface area contributed by atoms with E-state index in [0.717, 1.165) is 34.1 Å². The summed E-state index contributed by atoms with van der Waals surface area (Å²) in [6.45, 7) is 4.43. The van der Waals surface area contributed by atoms with Crippen molar-refractivity contribution in [2.45, 2.75) is 38.9 Å². The van der Waals surface area contributed by atoms with Gasteiger partial charge in [-0.15, -0.1) is 0 Å². The fourth-order valence-corrected chi connectivity index (χ4v) is 3.07. The van der Waals surface area contributed by atoms with Crippen molar-refractivity contribution in [2.75, 3.05) is 11.9 Å². The second-order valence-electron chi connectivity index (χ2n) is 4.96. The molecule has 0 aliphatic carbocycles. The first kappa shape index (κ1) is 14.5. The third-order valence-electron chi connectivity index (χ3n) is 3.41. The van der Waals surface area contributed by atoms with Gasteiger partial charge in [-0.1, -0.05) is 15.9 Å². The zero-order valence-electron chi connectivity index (χ0n) is 11.2. The molecule has 2 rings (SSSR count). The van der Waals surface area contributed by atoms with Crippen LogP contribution in [0.3, 0.4) is 0 Å². The molecular weight excluding hydrogens is 308 g/mol. The molecule has 1 amide bonds. The van der Waals surface area contributed by atoms with Crippen molar-refractivity contribution in [1.29, 1.82) is 0 Å². The lowest BCUT2D eigenvalue weighted by Gasteiger charge is -2.16. The third-order valence-corrected chi connectivity index (χ3v) is 3.87. The van der Waals surface area contributed by atoms with Gasteiger partial charge in [0.25, 0.3) is 5.91 Å². The summed E-state index contributed by atoms with van der Waals surface area (Å²) in [6, 6.07) is 3.97. The van der Waals surface area contributed by atoms with Gasteiger partial charge in [0.15, 0.2) is 0 Å². The Morgan fingerprint density at radius 2 is 2.05 bits per heavy atom. The minimum absolute atomic E-state index is 0.0165. The molecule has 0 aromatic heterocycles. The van der Waals surface area contributed by atoms with Crippen LogP contribution in [0.25, 0.3) is 0 Å². The lowest BCUT2D eigenvalue weighted by molar-refractivity contribution is -0.126. The predicted molar refractivity (Wildman–Crippen MR) is 79.2 cm³/mol. The predicted octanol–water partition coefficient (Wildman–Crippen LogP) is 2.51. The minimum atomic E-state index is -0.379. The molecule has 1 aliphatic heterocycles. The molecule has 1 fully saturated rings. The molecule has 1 aliphatic rings. The van der Waals surface area contributed by atoms with E-state index in [0.29, 0.717) is 6.54 Å². The number of halogens is 1. The van der Waals surface area contributed by atoms with Crippen LogP contribution in [0.4, 0.5) is 5.69 Å².